The number of carbonyl (C=O) groups excluding carboxylic acids is 1. The number of carbonyl (C=O) groups is 1. The van der Waals surface area contributed by atoms with Gasteiger partial charge in [0.25, 0.3) is 5.91 Å². The van der Waals surface area contributed by atoms with E-state index < -0.39 is 6.10 Å². The second-order valence-electron chi connectivity index (χ2n) is 4.19. The van der Waals surface area contributed by atoms with Crippen LogP contribution in [0.1, 0.15) is 12.5 Å². The smallest absolute Gasteiger partial charge is 0.281 e. The van der Waals surface area contributed by atoms with Crippen molar-refractivity contribution >= 4 is 11.6 Å². The van der Waals surface area contributed by atoms with E-state index in [1.54, 1.807) is 6.92 Å². The molecule has 0 bridgehead atoms. The molecule has 5 nitrogen and oxygen atoms in total. The molecule has 5 heteroatoms. The summed E-state index contributed by atoms with van der Waals surface area (Å²) in [5.74, 6) is 0.257. The molecular formula is C13H15N3O2. The van der Waals surface area contributed by atoms with Crippen molar-refractivity contribution in [2.45, 2.75) is 19.4 Å². The van der Waals surface area contributed by atoms with Gasteiger partial charge in [-0.25, -0.2) is 4.90 Å². The summed E-state index contributed by atoms with van der Waals surface area (Å²) in [5, 5.41) is 12.1. The first-order valence-electron chi connectivity index (χ1n) is 5.85. The molecule has 1 heterocycles. The molecule has 1 aliphatic rings. The van der Waals surface area contributed by atoms with Crippen molar-refractivity contribution in [3.63, 3.8) is 0 Å². The molecular weight excluding hydrogens is 230 g/mol. The number of nitrogens with zero attached hydrogens (tertiary/aromatic N) is 2. The van der Waals surface area contributed by atoms with Gasteiger partial charge >= 0.3 is 0 Å². The monoisotopic (exact) mass is 245 g/mol. The van der Waals surface area contributed by atoms with E-state index in [1.807, 2.05) is 31.4 Å². The minimum Gasteiger partial charge on any atom is -0.479 e. The quantitative estimate of drug-likeness (QED) is 0.808. The van der Waals surface area contributed by atoms with Gasteiger partial charge in [0.05, 0.1) is 0 Å². The topological polar surface area (TPSA) is 65.4 Å². The van der Waals surface area contributed by atoms with E-state index in [0.717, 1.165) is 23.4 Å². The third kappa shape index (κ3) is 2.15. The van der Waals surface area contributed by atoms with Crippen molar-refractivity contribution in [1.29, 1.82) is 5.26 Å². The highest BCUT2D eigenvalue weighted by Crippen LogP contribution is 2.34. The molecule has 0 radical (unpaired) electrons. The first-order valence-corrected chi connectivity index (χ1v) is 5.85. The SMILES string of the molecule is CNCCc1ccc2c(c1)N(C#N)C(=O)C(C)O2. The van der Waals surface area contributed by atoms with Crippen LogP contribution in [-0.2, 0) is 11.2 Å². The van der Waals surface area contributed by atoms with Gasteiger partial charge in [-0.05, 0) is 44.6 Å². The average Bonchev–Trinajstić information content (AvgIpc) is 2.38. The summed E-state index contributed by atoms with van der Waals surface area (Å²) in [7, 11) is 1.88. The summed E-state index contributed by atoms with van der Waals surface area (Å²) >= 11 is 0. The number of hydrogen-bond donors (Lipinski definition) is 1. The second-order valence-corrected chi connectivity index (χ2v) is 4.19. The molecule has 0 aromatic heterocycles. The summed E-state index contributed by atoms with van der Waals surface area (Å²) in [6, 6.07) is 5.60. The molecule has 1 atom stereocenters. The molecule has 0 fully saturated rings. The zero-order valence-corrected chi connectivity index (χ0v) is 10.4. The van der Waals surface area contributed by atoms with E-state index in [1.165, 1.54) is 0 Å². The van der Waals surface area contributed by atoms with E-state index in [0.29, 0.717) is 11.4 Å². The molecule has 1 amide bonds. The van der Waals surface area contributed by atoms with E-state index in [2.05, 4.69) is 5.32 Å². The van der Waals surface area contributed by atoms with Crippen LogP contribution in [0.3, 0.4) is 0 Å². The number of likely N-dealkylation sites (N-methyl/N-ethyl adjacent to an activating group) is 1. The van der Waals surface area contributed by atoms with E-state index in [4.69, 9.17) is 10.00 Å². The highest BCUT2D eigenvalue weighted by molar-refractivity contribution is 6.02. The van der Waals surface area contributed by atoms with Crippen LogP contribution in [0.4, 0.5) is 5.69 Å². The van der Waals surface area contributed by atoms with Crippen LogP contribution in [0.15, 0.2) is 18.2 Å². The maximum absolute atomic E-state index is 11.8. The van der Waals surface area contributed by atoms with Crippen molar-refractivity contribution in [3.8, 4) is 11.9 Å². The number of nitriles is 1. The Kier molecular flexibility index (Phi) is 3.49. The standard InChI is InChI=1S/C13H15N3O2/c1-9-13(17)16(8-14)11-7-10(5-6-15-2)3-4-12(11)18-9/h3-4,7,9,15H,5-6H2,1-2H3. The summed E-state index contributed by atoms with van der Waals surface area (Å²) < 4.78 is 5.48. The Labute approximate surface area is 106 Å². The van der Waals surface area contributed by atoms with Gasteiger partial charge in [0.2, 0.25) is 0 Å². The van der Waals surface area contributed by atoms with Gasteiger partial charge in [-0.3, -0.25) is 4.79 Å². The highest BCUT2D eigenvalue weighted by atomic mass is 16.5. The lowest BCUT2D eigenvalue weighted by Crippen LogP contribution is -2.41. The first-order chi connectivity index (χ1) is 8.67. The van der Waals surface area contributed by atoms with Crippen LogP contribution >= 0.6 is 0 Å². The molecule has 0 spiro atoms. The molecule has 18 heavy (non-hydrogen) atoms. The molecule has 0 saturated heterocycles. The third-order valence-electron chi connectivity index (χ3n) is 2.90. The summed E-state index contributed by atoms with van der Waals surface area (Å²) in [5.41, 5.74) is 1.60. The van der Waals surface area contributed by atoms with Gasteiger partial charge < -0.3 is 10.1 Å². The van der Waals surface area contributed by atoms with Crippen LogP contribution in [0.5, 0.6) is 5.75 Å². The largest absolute Gasteiger partial charge is 0.479 e. The molecule has 2 rings (SSSR count). The number of rotatable bonds is 3. The fourth-order valence-electron chi connectivity index (χ4n) is 1.91. The zero-order valence-electron chi connectivity index (χ0n) is 10.4. The molecule has 1 unspecified atom stereocenters. The van der Waals surface area contributed by atoms with Crippen molar-refractivity contribution in [2.24, 2.45) is 0 Å². The molecule has 1 N–H and O–H groups in total. The van der Waals surface area contributed by atoms with Crippen LogP contribution in [0.25, 0.3) is 0 Å². The molecule has 0 saturated carbocycles. The average molecular weight is 245 g/mol. The number of benzene rings is 1. The lowest BCUT2D eigenvalue weighted by molar-refractivity contribution is -0.124. The lowest BCUT2D eigenvalue weighted by atomic mass is 10.1. The highest BCUT2D eigenvalue weighted by Gasteiger charge is 2.31. The number of hydrogen-bond acceptors (Lipinski definition) is 4. The summed E-state index contributed by atoms with van der Waals surface area (Å²) in [6.07, 6.45) is 2.14. The fourth-order valence-corrected chi connectivity index (χ4v) is 1.91. The van der Waals surface area contributed by atoms with Gasteiger partial charge in [-0.1, -0.05) is 6.07 Å². The van der Waals surface area contributed by atoms with Gasteiger partial charge in [-0.2, -0.15) is 5.26 Å². The predicted octanol–water partition coefficient (Wildman–Crippen LogP) is 1.04. The normalized spacial score (nSPS) is 17.9. The minimum atomic E-state index is -0.611. The summed E-state index contributed by atoms with van der Waals surface area (Å²) in [6.45, 7) is 2.49. The summed E-state index contributed by atoms with van der Waals surface area (Å²) in [4.78, 5) is 12.9. The Morgan fingerprint density at radius 2 is 2.33 bits per heavy atom. The van der Waals surface area contributed by atoms with Crippen molar-refractivity contribution < 1.29 is 9.53 Å². The van der Waals surface area contributed by atoms with Gasteiger partial charge in [0, 0.05) is 0 Å². The Balaban J connectivity index is 2.36. The Morgan fingerprint density at radius 3 is 3.00 bits per heavy atom. The maximum atomic E-state index is 11.8. The number of nitrogens with one attached hydrogen (secondary N) is 1. The van der Waals surface area contributed by atoms with Crippen LogP contribution in [0, 0.1) is 11.5 Å². The molecule has 1 aromatic rings. The minimum absolute atomic E-state index is 0.323. The number of fused-ring (bicyclic) bond motifs is 1. The number of anilines is 1. The van der Waals surface area contributed by atoms with Crippen molar-refractivity contribution in [2.75, 3.05) is 18.5 Å². The van der Waals surface area contributed by atoms with Crippen LogP contribution in [-0.4, -0.2) is 25.6 Å². The number of ether oxygens (including phenoxy) is 1. The van der Waals surface area contributed by atoms with Crippen molar-refractivity contribution in [3.05, 3.63) is 23.8 Å². The molecule has 1 aliphatic heterocycles. The Bertz CT molecular complexity index is 507. The lowest BCUT2D eigenvalue weighted by Gasteiger charge is -2.28. The van der Waals surface area contributed by atoms with Gasteiger partial charge in [-0.15, -0.1) is 0 Å². The van der Waals surface area contributed by atoms with Crippen LogP contribution in [0.2, 0.25) is 0 Å². The Morgan fingerprint density at radius 1 is 1.56 bits per heavy atom. The molecule has 0 aliphatic carbocycles. The Hall–Kier alpha value is -2.06. The van der Waals surface area contributed by atoms with Crippen LogP contribution < -0.4 is 15.0 Å². The number of amides is 1. The second kappa shape index (κ2) is 5.07. The van der Waals surface area contributed by atoms with E-state index in [-0.39, 0.29) is 5.91 Å². The molecule has 1 aromatic carbocycles. The fraction of sp³-hybridized carbons (Fsp3) is 0.385. The van der Waals surface area contributed by atoms with Crippen molar-refractivity contribution in [1.82, 2.24) is 5.32 Å². The van der Waals surface area contributed by atoms with Gasteiger partial charge in [0.1, 0.15) is 11.4 Å². The maximum Gasteiger partial charge on any atom is 0.281 e. The molecule has 94 valence electrons. The third-order valence-corrected chi connectivity index (χ3v) is 2.90. The first kappa shape index (κ1) is 12.4. The van der Waals surface area contributed by atoms with E-state index >= 15 is 0 Å². The predicted molar refractivity (Wildman–Crippen MR) is 67.3 cm³/mol. The van der Waals surface area contributed by atoms with Gasteiger partial charge in [0.15, 0.2) is 12.3 Å². The zero-order chi connectivity index (χ0) is 13.1. The van der Waals surface area contributed by atoms with E-state index in [9.17, 15) is 4.79 Å².